The van der Waals surface area contributed by atoms with Gasteiger partial charge in [0.2, 0.25) is 5.91 Å². The van der Waals surface area contributed by atoms with Gasteiger partial charge in [-0.2, -0.15) is 5.10 Å². The van der Waals surface area contributed by atoms with Crippen LogP contribution in [-0.4, -0.2) is 44.7 Å². The number of pyridine rings is 1. The highest BCUT2D eigenvalue weighted by Gasteiger charge is 2.28. The molecule has 2 aromatic heterocycles. The molecule has 1 aliphatic rings. The molecule has 3 heterocycles. The van der Waals surface area contributed by atoms with E-state index in [0.717, 1.165) is 24.1 Å². The minimum absolute atomic E-state index is 0.0533. The molecular weight excluding hydrogens is 380 g/mol. The van der Waals surface area contributed by atoms with E-state index in [4.69, 9.17) is 0 Å². The van der Waals surface area contributed by atoms with Crippen molar-refractivity contribution in [2.75, 3.05) is 18.4 Å². The van der Waals surface area contributed by atoms with Crippen LogP contribution in [0.3, 0.4) is 0 Å². The van der Waals surface area contributed by atoms with Gasteiger partial charge in [0.15, 0.2) is 5.82 Å². The molecule has 0 saturated carbocycles. The van der Waals surface area contributed by atoms with Crippen LogP contribution in [0, 0.1) is 5.92 Å². The van der Waals surface area contributed by atoms with Crippen molar-refractivity contribution >= 4 is 17.6 Å². The van der Waals surface area contributed by atoms with Gasteiger partial charge in [-0.05, 0) is 37.1 Å². The third-order valence-corrected chi connectivity index (χ3v) is 5.15. The Hall–Kier alpha value is -3.68. The molecule has 154 valence electrons. The van der Waals surface area contributed by atoms with Crippen LogP contribution in [0.15, 0.2) is 67.1 Å². The van der Waals surface area contributed by atoms with Crippen molar-refractivity contribution in [3.8, 4) is 5.82 Å². The number of piperidine rings is 1. The van der Waals surface area contributed by atoms with E-state index >= 15 is 0 Å². The smallest absolute Gasteiger partial charge is 0.321 e. The molecule has 0 bridgehead atoms. The van der Waals surface area contributed by atoms with Crippen molar-refractivity contribution in [3.05, 3.63) is 72.7 Å². The van der Waals surface area contributed by atoms with Crippen LogP contribution in [0.25, 0.3) is 5.82 Å². The van der Waals surface area contributed by atoms with Crippen LogP contribution in [0.4, 0.5) is 10.5 Å². The average molecular weight is 404 g/mol. The molecule has 30 heavy (non-hydrogen) atoms. The molecule has 4 rings (SSSR count). The topological polar surface area (TPSA) is 92.2 Å². The third kappa shape index (κ3) is 4.65. The van der Waals surface area contributed by atoms with Crippen LogP contribution in [0.1, 0.15) is 18.4 Å². The molecule has 1 atom stereocenters. The van der Waals surface area contributed by atoms with E-state index in [-0.39, 0.29) is 17.9 Å². The van der Waals surface area contributed by atoms with E-state index in [1.165, 1.54) is 0 Å². The maximum Gasteiger partial charge on any atom is 0.321 e. The first-order chi connectivity index (χ1) is 14.7. The van der Waals surface area contributed by atoms with Crippen molar-refractivity contribution in [1.82, 2.24) is 25.0 Å². The van der Waals surface area contributed by atoms with E-state index in [0.29, 0.717) is 25.5 Å². The van der Waals surface area contributed by atoms with Crippen LogP contribution >= 0.6 is 0 Å². The standard InChI is InChI=1S/C22H24N6O2/c29-21(24-15-17-7-4-11-23-20(17)28-14-6-12-25-28)18-8-5-13-27(16-18)22(30)26-19-9-2-1-3-10-19/h1-4,6-7,9-12,14,18H,5,8,13,15-16H2,(H,24,29)(H,26,30). The van der Waals surface area contributed by atoms with Crippen molar-refractivity contribution in [3.63, 3.8) is 0 Å². The number of para-hydroxylation sites is 1. The van der Waals surface area contributed by atoms with E-state index in [9.17, 15) is 9.59 Å². The summed E-state index contributed by atoms with van der Waals surface area (Å²) in [7, 11) is 0. The highest BCUT2D eigenvalue weighted by molar-refractivity contribution is 5.90. The summed E-state index contributed by atoms with van der Waals surface area (Å²) in [4.78, 5) is 31.4. The van der Waals surface area contributed by atoms with E-state index in [1.807, 2.05) is 54.7 Å². The second-order valence-electron chi connectivity index (χ2n) is 7.24. The first-order valence-electron chi connectivity index (χ1n) is 10.0. The third-order valence-electron chi connectivity index (χ3n) is 5.15. The average Bonchev–Trinajstić information content (AvgIpc) is 3.33. The lowest BCUT2D eigenvalue weighted by Gasteiger charge is -2.32. The van der Waals surface area contributed by atoms with Crippen LogP contribution in [0.5, 0.6) is 0 Å². The number of anilines is 1. The summed E-state index contributed by atoms with van der Waals surface area (Å²) in [5.74, 6) is 0.405. The largest absolute Gasteiger partial charge is 0.352 e. The number of rotatable bonds is 5. The molecule has 8 nitrogen and oxygen atoms in total. The number of amides is 3. The molecule has 3 amide bonds. The van der Waals surface area contributed by atoms with Gasteiger partial charge in [-0.25, -0.2) is 14.5 Å². The summed E-state index contributed by atoms with van der Waals surface area (Å²) in [6.45, 7) is 1.41. The zero-order valence-corrected chi connectivity index (χ0v) is 16.6. The van der Waals surface area contributed by atoms with Gasteiger partial charge >= 0.3 is 6.03 Å². The van der Waals surface area contributed by atoms with Gasteiger partial charge in [0, 0.05) is 49.5 Å². The van der Waals surface area contributed by atoms with Crippen molar-refractivity contribution in [2.24, 2.45) is 5.92 Å². The number of hydrogen-bond donors (Lipinski definition) is 2. The van der Waals surface area contributed by atoms with Crippen molar-refractivity contribution < 1.29 is 9.59 Å². The Morgan fingerprint density at radius 1 is 1.07 bits per heavy atom. The molecule has 1 fully saturated rings. The maximum atomic E-state index is 12.8. The summed E-state index contributed by atoms with van der Waals surface area (Å²) in [5, 5.41) is 10.1. The molecule has 1 unspecified atom stereocenters. The van der Waals surface area contributed by atoms with E-state index < -0.39 is 0 Å². The minimum Gasteiger partial charge on any atom is -0.352 e. The Kier molecular flexibility index (Phi) is 6.03. The zero-order chi connectivity index (χ0) is 20.8. The summed E-state index contributed by atoms with van der Waals surface area (Å²) >= 11 is 0. The lowest BCUT2D eigenvalue weighted by atomic mass is 9.97. The Labute approximate surface area is 174 Å². The fraction of sp³-hybridized carbons (Fsp3) is 0.273. The van der Waals surface area contributed by atoms with Crippen LogP contribution in [-0.2, 0) is 11.3 Å². The highest BCUT2D eigenvalue weighted by Crippen LogP contribution is 2.19. The van der Waals surface area contributed by atoms with E-state index in [2.05, 4.69) is 20.7 Å². The van der Waals surface area contributed by atoms with E-state index in [1.54, 1.807) is 22.0 Å². The number of likely N-dealkylation sites (tertiary alicyclic amines) is 1. The number of carbonyl (C=O) groups is 2. The van der Waals surface area contributed by atoms with Crippen molar-refractivity contribution in [1.29, 1.82) is 0 Å². The number of carbonyl (C=O) groups excluding carboxylic acids is 2. The van der Waals surface area contributed by atoms with Gasteiger partial charge in [0.25, 0.3) is 0 Å². The minimum atomic E-state index is -0.231. The number of hydrogen-bond acceptors (Lipinski definition) is 4. The molecule has 1 aromatic carbocycles. The molecule has 3 aromatic rings. The maximum absolute atomic E-state index is 12.8. The Bertz CT molecular complexity index is 990. The molecule has 1 aliphatic heterocycles. The predicted molar refractivity (Wildman–Crippen MR) is 113 cm³/mol. The molecule has 8 heteroatoms. The first-order valence-corrected chi connectivity index (χ1v) is 10.0. The molecule has 0 radical (unpaired) electrons. The zero-order valence-electron chi connectivity index (χ0n) is 16.6. The van der Waals surface area contributed by atoms with Gasteiger partial charge in [-0.1, -0.05) is 24.3 Å². The highest BCUT2D eigenvalue weighted by atomic mass is 16.2. The van der Waals surface area contributed by atoms with Crippen molar-refractivity contribution in [2.45, 2.75) is 19.4 Å². The molecule has 0 aliphatic carbocycles. The Morgan fingerprint density at radius 3 is 2.73 bits per heavy atom. The summed E-state index contributed by atoms with van der Waals surface area (Å²) in [6, 6.07) is 14.7. The lowest BCUT2D eigenvalue weighted by Crippen LogP contribution is -2.46. The lowest BCUT2D eigenvalue weighted by molar-refractivity contribution is -0.126. The van der Waals surface area contributed by atoms with Gasteiger partial charge in [-0.15, -0.1) is 0 Å². The van der Waals surface area contributed by atoms with Gasteiger partial charge < -0.3 is 15.5 Å². The second-order valence-corrected chi connectivity index (χ2v) is 7.24. The van der Waals surface area contributed by atoms with Gasteiger partial charge in [-0.3, -0.25) is 4.79 Å². The molecule has 0 spiro atoms. The number of nitrogens with one attached hydrogen (secondary N) is 2. The fourth-order valence-electron chi connectivity index (χ4n) is 3.59. The Morgan fingerprint density at radius 2 is 1.93 bits per heavy atom. The summed E-state index contributed by atoms with van der Waals surface area (Å²) < 4.78 is 1.68. The normalized spacial score (nSPS) is 16.1. The fourth-order valence-corrected chi connectivity index (χ4v) is 3.59. The quantitative estimate of drug-likeness (QED) is 0.684. The number of nitrogens with zero attached hydrogens (tertiary/aromatic N) is 4. The Balaban J connectivity index is 1.35. The second kappa shape index (κ2) is 9.21. The SMILES string of the molecule is O=C(NCc1cccnc1-n1cccn1)C1CCCN(C(=O)Nc2ccccc2)C1. The number of urea groups is 1. The first kappa shape index (κ1) is 19.6. The van der Waals surface area contributed by atoms with Crippen LogP contribution < -0.4 is 10.6 Å². The number of aromatic nitrogens is 3. The predicted octanol–water partition coefficient (Wildman–Crippen LogP) is 2.83. The van der Waals surface area contributed by atoms with Crippen LogP contribution in [0.2, 0.25) is 0 Å². The summed E-state index contributed by atoms with van der Waals surface area (Å²) in [6.07, 6.45) is 6.77. The molecular formula is C22H24N6O2. The van der Waals surface area contributed by atoms with Gasteiger partial charge in [0.1, 0.15) is 0 Å². The molecule has 2 N–H and O–H groups in total. The molecule has 1 saturated heterocycles. The van der Waals surface area contributed by atoms with Gasteiger partial charge in [0.05, 0.1) is 5.92 Å². The number of benzene rings is 1. The monoisotopic (exact) mass is 404 g/mol. The summed E-state index contributed by atoms with van der Waals surface area (Å²) in [5.41, 5.74) is 1.63.